The van der Waals surface area contributed by atoms with Crippen molar-refractivity contribution in [2.45, 2.75) is 129 Å². The molecule has 0 fully saturated rings. The third-order valence-electron chi connectivity index (χ3n) is 7.69. The largest absolute Gasteiger partial charge is 0.472 e. The van der Waals surface area contributed by atoms with Gasteiger partial charge in [-0.15, -0.1) is 0 Å². The summed E-state index contributed by atoms with van der Waals surface area (Å²) in [6, 6.07) is 0. The predicted molar refractivity (Wildman–Crippen MR) is 219 cm³/mol. The van der Waals surface area contributed by atoms with Gasteiger partial charge in [-0.2, -0.15) is 0 Å². The Hall–Kier alpha value is -2.32. The molecule has 0 heterocycles. The Morgan fingerprint density at radius 1 is 0.615 bits per heavy atom. The summed E-state index contributed by atoms with van der Waals surface area (Å²) in [5, 5.41) is 0. The zero-order chi connectivity index (χ0) is 38.4. The minimum absolute atomic E-state index is 0.0692. The molecule has 2 unspecified atom stereocenters. The van der Waals surface area contributed by atoms with E-state index in [-0.39, 0.29) is 26.2 Å². The van der Waals surface area contributed by atoms with E-state index < -0.39 is 19.9 Å². The first-order chi connectivity index (χ1) is 25.1. The molecule has 0 spiro atoms. The molecule has 0 aliphatic heterocycles. The fourth-order valence-corrected chi connectivity index (χ4v) is 5.38. The highest BCUT2D eigenvalue weighted by atomic mass is 31.2. The molecular formula is C43H75NO7P+. The van der Waals surface area contributed by atoms with Crippen molar-refractivity contribution in [2.75, 3.05) is 54.1 Å². The van der Waals surface area contributed by atoms with E-state index in [0.29, 0.717) is 24.1 Å². The average Bonchev–Trinajstić information content (AvgIpc) is 3.09. The van der Waals surface area contributed by atoms with Crippen LogP contribution in [-0.2, 0) is 27.9 Å². The fourth-order valence-electron chi connectivity index (χ4n) is 4.64. The molecule has 0 saturated carbocycles. The predicted octanol–water partition coefficient (Wildman–Crippen LogP) is 11.3. The number of quaternary nitrogens is 1. The number of esters is 1. The topological polar surface area (TPSA) is 91.3 Å². The van der Waals surface area contributed by atoms with Gasteiger partial charge in [0, 0.05) is 13.0 Å². The minimum Gasteiger partial charge on any atom is -0.457 e. The van der Waals surface area contributed by atoms with Crippen molar-refractivity contribution in [3.05, 3.63) is 85.1 Å². The second-order valence-electron chi connectivity index (χ2n) is 13.9. The lowest BCUT2D eigenvalue weighted by atomic mass is 10.1. The summed E-state index contributed by atoms with van der Waals surface area (Å²) in [5.41, 5.74) is 0. The van der Waals surface area contributed by atoms with Crippen LogP contribution in [0.3, 0.4) is 0 Å². The van der Waals surface area contributed by atoms with E-state index in [9.17, 15) is 14.3 Å². The molecular weight excluding hydrogens is 673 g/mol. The normalized spacial score (nSPS) is 14.8. The maximum atomic E-state index is 12.6. The van der Waals surface area contributed by atoms with Crippen LogP contribution in [-0.4, -0.2) is 75.6 Å². The highest BCUT2D eigenvalue weighted by Crippen LogP contribution is 2.43. The van der Waals surface area contributed by atoms with E-state index in [0.717, 1.165) is 64.2 Å². The SMILES string of the molecule is CC/C=C\C/C=C\C/C=C\C/C=C\C/C=C\C/C=C\CCC(=O)OC(COCCCCCCCC/C=C\CCC)COP(=O)(O)OCC[N+](C)(C)C. The molecule has 0 bridgehead atoms. The number of ether oxygens (including phenoxy) is 2. The Labute approximate surface area is 318 Å². The van der Waals surface area contributed by atoms with Crippen molar-refractivity contribution in [1.29, 1.82) is 0 Å². The van der Waals surface area contributed by atoms with Gasteiger partial charge in [0.05, 0.1) is 34.4 Å². The van der Waals surface area contributed by atoms with Crippen molar-refractivity contribution in [1.82, 2.24) is 0 Å². The first-order valence-electron chi connectivity index (χ1n) is 19.8. The van der Waals surface area contributed by atoms with Gasteiger partial charge >= 0.3 is 13.8 Å². The summed E-state index contributed by atoms with van der Waals surface area (Å²) in [5.74, 6) is -0.403. The minimum atomic E-state index is -4.29. The molecule has 0 aromatic heterocycles. The van der Waals surface area contributed by atoms with E-state index in [2.05, 4.69) is 86.8 Å². The zero-order valence-electron chi connectivity index (χ0n) is 33.5. The number of phosphoric ester groups is 1. The number of allylic oxidation sites excluding steroid dienone is 14. The zero-order valence-corrected chi connectivity index (χ0v) is 34.4. The maximum Gasteiger partial charge on any atom is 0.472 e. The lowest BCUT2D eigenvalue weighted by molar-refractivity contribution is -0.870. The quantitative estimate of drug-likeness (QED) is 0.0227. The number of likely N-dealkylation sites (N-methyl/N-ethyl adjacent to an activating group) is 1. The summed E-state index contributed by atoms with van der Waals surface area (Å²) in [6.45, 7) is 5.29. The Kier molecular flexibility index (Phi) is 34.1. The number of unbranched alkanes of at least 4 members (excludes halogenated alkanes) is 7. The Morgan fingerprint density at radius 2 is 1.12 bits per heavy atom. The lowest BCUT2D eigenvalue weighted by Gasteiger charge is -2.24. The first kappa shape index (κ1) is 49.7. The van der Waals surface area contributed by atoms with Gasteiger partial charge in [0.15, 0.2) is 0 Å². The molecule has 0 aromatic rings. The number of hydrogen-bond donors (Lipinski definition) is 1. The van der Waals surface area contributed by atoms with E-state index in [4.69, 9.17) is 18.5 Å². The molecule has 52 heavy (non-hydrogen) atoms. The van der Waals surface area contributed by atoms with Crippen LogP contribution in [0.2, 0.25) is 0 Å². The van der Waals surface area contributed by atoms with Crippen LogP contribution in [0.15, 0.2) is 85.1 Å². The highest BCUT2D eigenvalue weighted by Gasteiger charge is 2.26. The molecule has 0 aliphatic carbocycles. The second kappa shape index (κ2) is 35.7. The van der Waals surface area contributed by atoms with E-state index in [1.165, 1.54) is 32.1 Å². The van der Waals surface area contributed by atoms with Gasteiger partial charge in [0.25, 0.3) is 0 Å². The Bertz CT molecular complexity index is 1100. The number of carbonyl (C=O) groups is 1. The number of phosphoric acid groups is 1. The van der Waals surface area contributed by atoms with Crippen molar-refractivity contribution in [3.8, 4) is 0 Å². The molecule has 1 N–H and O–H groups in total. The smallest absolute Gasteiger partial charge is 0.457 e. The molecule has 0 amide bonds. The third-order valence-corrected chi connectivity index (χ3v) is 8.67. The van der Waals surface area contributed by atoms with E-state index in [1.54, 1.807) is 0 Å². The van der Waals surface area contributed by atoms with E-state index in [1.807, 2.05) is 33.3 Å². The molecule has 8 nitrogen and oxygen atoms in total. The number of rotatable bonds is 35. The van der Waals surface area contributed by atoms with Crippen LogP contribution in [0.5, 0.6) is 0 Å². The molecule has 0 aliphatic rings. The number of carbonyl (C=O) groups excluding carboxylic acids is 1. The van der Waals surface area contributed by atoms with Crippen molar-refractivity contribution >= 4 is 13.8 Å². The molecule has 0 saturated heterocycles. The van der Waals surface area contributed by atoms with Crippen LogP contribution in [0, 0.1) is 0 Å². The summed E-state index contributed by atoms with van der Waals surface area (Å²) in [4.78, 5) is 22.8. The van der Waals surface area contributed by atoms with Gasteiger partial charge in [-0.3, -0.25) is 13.8 Å². The molecule has 0 radical (unpaired) electrons. The second-order valence-corrected chi connectivity index (χ2v) is 15.4. The van der Waals surface area contributed by atoms with Crippen molar-refractivity contribution in [2.24, 2.45) is 0 Å². The highest BCUT2D eigenvalue weighted by molar-refractivity contribution is 7.47. The monoisotopic (exact) mass is 749 g/mol. The Morgan fingerprint density at radius 3 is 1.67 bits per heavy atom. The molecule has 0 aromatic carbocycles. The van der Waals surface area contributed by atoms with Crippen LogP contribution in [0.4, 0.5) is 0 Å². The summed E-state index contributed by atoms with van der Waals surface area (Å²) in [7, 11) is 1.60. The summed E-state index contributed by atoms with van der Waals surface area (Å²) >= 11 is 0. The molecule has 298 valence electrons. The van der Waals surface area contributed by atoms with Gasteiger partial charge < -0.3 is 18.9 Å². The maximum absolute atomic E-state index is 12.6. The molecule has 2 atom stereocenters. The van der Waals surface area contributed by atoms with Crippen LogP contribution in [0.25, 0.3) is 0 Å². The number of nitrogens with zero attached hydrogens (tertiary/aromatic N) is 1. The fraction of sp³-hybridized carbons (Fsp3) is 0.651. The van der Waals surface area contributed by atoms with Crippen molar-refractivity contribution < 1.29 is 37.3 Å². The van der Waals surface area contributed by atoms with Crippen LogP contribution < -0.4 is 0 Å². The Balaban J connectivity index is 4.44. The average molecular weight is 749 g/mol. The summed E-state index contributed by atoms with van der Waals surface area (Å²) < 4.78 is 34.7. The summed E-state index contributed by atoms with van der Waals surface area (Å²) in [6.07, 6.45) is 46.3. The first-order valence-corrected chi connectivity index (χ1v) is 21.3. The van der Waals surface area contributed by atoms with Crippen LogP contribution >= 0.6 is 7.82 Å². The van der Waals surface area contributed by atoms with E-state index >= 15 is 0 Å². The number of hydrogen-bond acceptors (Lipinski definition) is 6. The lowest BCUT2D eigenvalue weighted by Crippen LogP contribution is -2.37. The van der Waals surface area contributed by atoms with Gasteiger partial charge in [0.2, 0.25) is 0 Å². The van der Waals surface area contributed by atoms with Gasteiger partial charge in [0.1, 0.15) is 19.3 Å². The third kappa shape index (κ3) is 38.9. The molecule has 9 heteroatoms. The molecule has 0 rings (SSSR count). The van der Waals surface area contributed by atoms with Gasteiger partial charge in [-0.1, -0.05) is 131 Å². The van der Waals surface area contributed by atoms with Crippen molar-refractivity contribution in [3.63, 3.8) is 0 Å². The van der Waals surface area contributed by atoms with Gasteiger partial charge in [-0.05, 0) is 70.6 Å². The van der Waals surface area contributed by atoms with Gasteiger partial charge in [-0.25, -0.2) is 4.57 Å². The van der Waals surface area contributed by atoms with Crippen LogP contribution in [0.1, 0.15) is 123 Å². The standard InChI is InChI=1S/C43H74NO7P/c1-6-8-10-12-14-16-18-19-20-21-22-23-24-25-26-28-30-32-34-36-43(45)51-42(41-50-52(46,47)49-39-37-44(3,4)5)40-48-38-35-33-31-29-27-17-15-13-11-9-7-2/h8,10-11,13-14,16,19-20,22-23,25-26,30,32,42H,6-7,9,12,15,17-18,21,24,27-29,31,33-41H2,1-5H3/p+1/b10-8-,13-11-,16-14-,20-19-,23-22-,26-25-,32-30-.